The van der Waals surface area contributed by atoms with Crippen molar-refractivity contribution in [2.45, 2.75) is 52.7 Å². The minimum atomic E-state index is -0.511. The molecule has 0 aliphatic carbocycles. The zero-order valence-electron chi connectivity index (χ0n) is 14.9. The summed E-state index contributed by atoms with van der Waals surface area (Å²) in [6.45, 7) is 8.86. The van der Waals surface area contributed by atoms with Gasteiger partial charge in [-0.3, -0.25) is 0 Å². The molecule has 0 amide bonds. The summed E-state index contributed by atoms with van der Waals surface area (Å²) >= 11 is 0. The van der Waals surface area contributed by atoms with E-state index in [9.17, 15) is 0 Å². The van der Waals surface area contributed by atoms with Crippen LogP contribution in [0.5, 0.6) is 11.5 Å². The van der Waals surface area contributed by atoms with Gasteiger partial charge in [-0.25, -0.2) is 0 Å². The Morgan fingerprint density at radius 1 is 1.12 bits per heavy atom. The second-order valence-electron chi connectivity index (χ2n) is 6.76. The zero-order valence-corrected chi connectivity index (χ0v) is 14.9. The lowest BCUT2D eigenvalue weighted by atomic mass is 9.87. The Hall–Kier alpha value is -2.40. The molecule has 2 nitrogen and oxygen atoms in total. The molecule has 2 aromatic carbocycles. The standard InChI is InChI=1S/C22H24O2/c1-6-22(5)13-12-19-17(4)20(15(2)16(3)21(19)24-22)23-14-18-10-8-7-9-11-18/h1,7-11H,12-14H2,2-5H3. The van der Waals surface area contributed by atoms with E-state index in [0.29, 0.717) is 6.61 Å². The predicted molar refractivity (Wildman–Crippen MR) is 97.6 cm³/mol. The smallest absolute Gasteiger partial charge is 0.166 e. The third-order valence-corrected chi connectivity index (χ3v) is 5.02. The van der Waals surface area contributed by atoms with Gasteiger partial charge in [0.25, 0.3) is 0 Å². The largest absolute Gasteiger partial charge is 0.488 e. The van der Waals surface area contributed by atoms with Crippen LogP contribution in [0.25, 0.3) is 0 Å². The van der Waals surface area contributed by atoms with Crippen LogP contribution in [0.1, 0.15) is 41.2 Å². The van der Waals surface area contributed by atoms with Crippen molar-refractivity contribution < 1.29 is 9.47 Å². The van der Waals surface area contributed by atoms with Crippen molar-refractivity contribution in [3.63, 3.8) is 0 Å². The van der Waals surface area contributed by atoms with E-state index in [4.69, 9.17) is 15.9 Å². The van der Waals surface area contributed by atoms with Gasteiger partial charge in [-0.05, 0) is 56.4 Å². The zero-order chi connectivity index (χ0) is 17.3. The van der Waals surface area contributed by atoms with Crippen LogP contribution in [0.4, 0.5) is 0 Å². The monoisotopic (exact) mass is 320 g/mol. The van der Waals surface area contributed by atoms with Gasteiger partial charge >= 0.3 is 0 Å². The van der Waals surface area contributed by atoms with Crippen LogP contribution >= 0.6 is 0 Å². The van der Waals surface area contributed by atoms with Crippen LogP contribution in [0.2, 0.25) is 0 Å². The number of rotatable bonds is 3. The van der Waals surface area contributed by atoms with Crippen molar-refractivity contribution in [1.82, 2.24) is 0 Å². The van der Waals surface area contributed by atoms with E-state index in [1.807, 2.05) is 25.1 Å². The van der Waals surface area contributed by atoms with Crippen molar-refractivity contribution in [3.05, 3.63) is 58.1 Å². The van der Waals surface area contributed by atoms with Crippen molar-refractivity contribution in [3.8, 4) is 23.8 Å². The van der Waals surface area contributed by atoms with Crippen molar-refractivity contribution in [2.75, 3.05) is 0 Å². The highest BCUT2D eigenvalue weighted by Crippen LogP contribution is 2.43. The molecule has 0 radical (unpaired) electrons. The van der Waals surface area contributed by atoms with Gasteiger partial charge in [0, 0.05) is 12.0 Å². The summed E-state index contributed by atoms with van der Waals surface area (Å²) in [5, 5.41) is 0. The molecule has 1 unspecified atom stereocenters. The highest BCUT2D eigenvalue weighted by atomic mass is 16.5. The van der Waals surface area contributed by atoms with Gasteiger partial charge in [0.1, 0.15) is 18.1 Å². The first-order valence-corrected chi connectivity index (χ1v) is 8.41. The minimum Gasteiger partial charge on any atom is -0.488 e. The molecule has 0 N–H and O–H groups in total. The van der Waals surface area contributed by atoms with Crippen molar-refractivity contribution in [1.29, 1.82) is 0 Å². The number of hydrogen-bond donors (Lipinski definition) is 0. The van der Waals surface area contributed by atoms with E-state index in [2.05, 4.69) is 38.8 Å². The average molecular weight is 320 g/mol. The maximum absolute atomic E-state index is 6.19. The van der Waals surface area contributed by atoms with E-state index < -0.39 is 5.60 Å². The molecule has 24 heavy (non-hydrogen) atoms. The molecule has 3 rings (SSSR count). The Labute approximate surface area is 144 Å². The van der Waals surface area contributed by atoms with E-state index >= 15 is 0 Å². The van der Waals surface area contributed by atoms with Crippen LogP contribution < -0.4 is 9.47 Å². The highest BCUT2D eigenvalue weighted by Gasteiger charge is 2.33. The number of fused-ring (bicyclic) bond motifs is 1. The third-order valence-electron chi connectivity index (χ3n) is 5.02. The fraction of sp³-hybridized carbons (Fsp3) is 0.364. The summed E-state index contributed by atoms with van der Waals surface area (Å²) in [6.07, 6.45) is 7.42. The average Bonchev–Trinajstić information content (AvgIpc) is 2.60. The third kappa shape index (κ3) is 2.87. The van der Waals surface area contributed by atoms with Crippen molar-refractivity contribution in [2.24, 2.45) is 0 Å². The minimum absolute atomic E-state index is 0.511. The fourth-order valence-electron chi connectivity index (χ4n) is 3.28. The second-order valence-corrected chi connectivity index (χ2v) is 6.76. The molecule has 0 saturated carbocycles. The van der Waals surface area contributed by atoms with Crippen molar-refractivity contribution >= 4 is 0 Å². The Balaban J connectivity index is 1.96. The Morgan fingerprint density at radius 3 is 2.50 bits per heavy atom. The summed E-state index contributed by atoms with van der Waals surface area (Å²) in [5.74, 6) is 4.72. The first-order chi connectivity index (χ1) is 11.4. The van der Waals surface area contributed by atoms with E-state index in [-0.39, 0.29) is 0 Å². The number of benzene rings is 2. The first-order valence-electron chi connectivity index (χ1n) is 8.41. The summed E-state index contributed by atoms with van der Waals surface area (Å²) in [5.41, 5.74) is 5.31. The summed E-state index contributed by atoms with van der Waals surface area (Å²) < 4.78 is 12.4. The van der Waals surface area contributed by atoms with Gasteiger partial charge < -0.3 is 9.47 Å². The number of terminal acetylenes is 1. The summed E-state index contributed by atoms with van der Waals surface area (Å²) in [4.78, 5) is 0. The van der Waals surface area contributed by atoms with E-state index in [1.165, 1.54) is 16.7 Å². The molecule has 1 aliphatic heterocycles. The first kappa shape index (κ1) is 16.5. The molecular weight excluding hydrogens is 296 g/mol. The van der Waals surface area contributed by atoms with E-state index in [0.717, 1.165) is 35.5 Å². The molecule has 124 valence electrons. The Bertz CT molecular complexity index is 799. The molecular formula is C22H24O2. The second kappa shape index (κ2) is 6.24. The fourth-order valence-corrected chi connectivity index (χ4v) is 3.28. The van der Waals surface area contributed by atoms with Gasteiger partial charge in [-0.2, -0.15) is 0 Å². The van der Waals surface area contributed by atoms with Crippen LogP contribution in [0, 0.1) is 33.1 Å². The molecule has 2 heteroatoms. The predicted octanol–water partition coefficient (Wildman–Crippen LogP) is 4.91. The molecule has 0 spiro atoms. The van der Waals surface area contributed by atoms with Crippen LogP contribution in [0.3, 0.4) is 0 Å². The molecule has 1 atom stereocenters. The maximum atomic E-state index is 6.19. The molecule has 0 fully saturated rings. The van der Waals surface area contributed by atoms with Gasteiger partial charge in [0.05, 0.1) is 0 Å². The number of hydrogen-bond acceptors (Lipinski definition) is 2. The lowest BCUT2D eigenvalue weighted by molar-refractivity contribution is 0.122. The van der Waals surface area contributed by atoms with Crippen LogP contribution in [0.15, 0.2) is 30.3 Å². The van der Waals surface area contributed by atoms with Crippen LogP contribution in [-0.2, 0) is 13.0 Å². The lowest BCUT2D eigenvalue weighted by Crippen LogP contribution is -2.35. The number of ether oxygens (including phenoxy) is 2. The Morgan fingerprint density at radius 2 is 1.83 bits per heavy atom. The van der Waals surface area contributed by atoms with Gasteiger partial charge in [-0.15, -0.1) is 6.42 Å². The SMILES string of the molecule is C#CC1(C)CCc2c(C)c(OCc3ccccc3)c(C)c(C)c2O1. The maximum Gasteiger partial charge on any atom is 0.166 e. The molecule has 0 saturated heterocycles. The normalized spacial score (nSPS) is 19.1. The quantitative estimate of drug-likeness (QED) is 0.748. The topological polar surface area (TPSA) is 18.5 Å². The molecule has 2 aromatic rings. The van der Waals surface area contributed by atoms with Gasteiger partial charge in [0.2, 0.25) is 0 Å². The molecule has 1 aliphatic rings. The molecule has 1 heterocycles. The molecule has 0 aromatic heterocycles. The molecule has 0 bridgehead atoms. The summed E-state index contributed by atoms with van der Waals surface area (Å²) in [7, 11) is 0. The van der Waals surface area contributed by atoms with Crippen LogP contribution in [-0.4, -0.2) is 5.60 Å². The van der Waals surface area contributed by atoms with Gasteiger partial charge in [-0.1, -0.05) is 36.3 Å². The van der Waals surface area contributed by atoms with Gasteiger partial charge in [0.15, 0.2) is 5.60 Å². The van der Waals surface area contributed by atoms with E-state index in [1.54, 1.807) is 0 Å². The lowest BCUT2D eigenvalue weighted by Gasteiger charge is -2.34. The summed E-state index contributed by atoms with van der Waals surface area (Å²) in [6, 6.07) is 10.2. The Kier molecular flexibility index (Phi) is 4.28. The highest BCUT2D eigenvalue weighted by molar-refractivity contribution is 5.59.